The molecule has 2 aliphatic rings. The Kier molecular flexibility index (Phi) is 3.52. The Hall–Kier alpha value is -1.40. The molecule has 104 valence electrons. The zero-order valence-corrected chi connectivity index (χ0v) is 10.9. The molecule has 0 bridgehead atoms. The van der Waals surface area contributed by atoms with Crippen molar-refractivity contribution in [3.05, 3.63) is 17.5 Å². The molecule has 0 radical (unpaired) electrons. The molecule has 19 heavy (non-hydrogen) atoms. The molecule has 6 nitrogen and oxygen atoms in total. The predicted molar refractivity (Wildman–Crippen MR) is 67.2 cm³/mol. The normalized spacial score (nSPS) is 22.6. The molecule has 1 fully saturated rings. The summed E-state index contributed by atoms with van der Waals surface area (Å²) in [4.78, 5) is 14.2. The number of fused-ring (bicyclic) bond motifs is 1. The van der Waals surface area contributed by atoms with Gasteiger partial charge in [-0.2, -0.15) is 5.10 Å². The van der Waals surface area contributed by atoms with Gasteiger partial charge in [0.05, 0.1) is 31.6 Å². The molecule has 2 aliphatic heterocycles. The van der Waals surface area contributed by atoms with E-state index in [1.54, 1.807) is 10.9 Å². The van der Waals surface area contributed by atoms with Crippen LogP contribution < -0.4 is 0 Å². The van der Waals surface area contributed by atoms with E-state index < -0.39 is 0 Å². The Morgan fingerprint density at radius 3 is 3.11 bits per heavy atom. The molecule has 0 spiro atoms. The zero-order chi connectivity index (χ0) is 13.2. The summed E-state index contributed by atoms with van der Waals surface area (Å²) < 4.78 is 7.33. The molecule has 3 rings (SSSR count). The number of amides is 1. The van der Waals surface area contributed by atoms with Crippen LogP contribution in [0.3, 0.4) is 0 Å². The first-order valence-electron chi connectivity index (χ1n) is 6.84. The molecule has 1 aromatic rings. The van der Waals surface area contributed by atoms with Crippen molar-refractivity contribution in [1.82, 2.24) is 14.7 Å². The summed E-state index contributed by atoms with van der Waals surface area (Å²) >= 11 is 0. The van der Waals surface area contributed by atoms with Gasteiger partial charge in [0.25, 0.3) is 5.91 Å². The molecule has 0 aliphatic carbocycles. The van der Waals surface area contributed by atoms with Gasteiger partial charge in [-0.15, -0.1) is 0 Å². The first kappa shape index (κ1) is 12.6. The average Bonchev–Trinajstić information content (AvgIpc) is 3.01. The lowest BCUT2D eigenvalue weighted by molar-refractivity contribution is -0.147. The van der Waals surface area contributed by atoms with E-state index in [9.17, 15) is 4.79 Å². The van der Waals surface area contributed by atoms with Crippen molar-refractivity contribution in [2.24, 2.45) is 0 Å². The maximum Gasteiger partial charge on any atom is 0.252 e. The monoisotopic (exact) mass is 265 g/mol. The molecule has 0 aromatic carbocycles. The fraction of sp³-hybridized carbons (Fsp3) is 0.692. The average molecular weight is 265 g/mol. The fourth-order valence-corrected chi connectivity index (χ4v) is 2.79. The van der Waals surface area contributed by atoms with Crippen LogP contribution >= 0.6 is 0 Å². The lowest BCUT2D eigenvalue weighted by Gasteiger charge is -2.26. The highest BCUT2D eigenvalue weighted by molar-refractivity contribution is 5.81. The quantitative estimate of drug-likeness (QED) is 0.853. The van der Waals surface area contributed by atoms with E-state index in [2.05, 4.69) is 5.10 Å². The highest BCUT2D eigenvalue weighted by Gasteiger charge is 2.32. The molecule has 1 N–H and O–H groups in total. The second kappa shape index (κ2) is 5.30. The van der Waals surface area contributed by atoms with E-state index in [0.29, 0.717) is 26.2 Å². The van der Waals surface area contributed by atoms with E-state index >= 15 is 0 Å². The number of nitrogens with zero attached hydrogens (tertiary/aromatic N) is 3. The zero-order valence-electron chi connectivity index (χ0n) is 10.9. The minimum Gasteiger partial charge on any atom is -0.394 e. The first-order valence-corrected chi connectivity index (χ1v) is 6.84. The summed E-state index contributed by atoms with van der Waals surface area (Å²) in [6, 6.07) is 0. The summed E-state index contributed by atoms with van der Waals surface area (Å²) in [6.45, 7) is 2.42. The van der Waals surface area contributed by atoms with Gasteiger partial charge in [0.2, 0.25) is 0 Å². The van der Waals surface area contributed by atoms with Crippen molar-refractivity contribution in [3.63, 3.8) is 0 Å². The van der Waals surface area contributed by atoms with Gasteiger partial charge in [0.1, 0.15) is 6.10 Å². The number of aliphatic hydroxyl groups is 1. The standard InChI is InChI=1S/C13H19N3O3/c17-5-4-16-11-9-15(8-10(11)7-14-16)13(18)12-3-1-2-6-19-12/h7,12,17H,1-6,8-9H2/t12-/m0/s1. The van der Waals surface area contributed by atoms with Gasteiger partial charge in [0.15, 0.2) is 0 Å². The molecule has 3 heterocycles. The van der Waals surface area contributed by atoms with Gasteiger partial charge < -0.3 is 14.7 Å². The third-order valence-corrected chi connectivity index (χ3v) is 3.82. The van der Waals surface area contributed by atoms with Gasteiger partial charge >= 0.3 is 0 Å². The van der Waals surface area contributed by atoms with E-state index in [0.717, 1.165) is 30.5 Å². The Balaban J connectivity index is 1.67. The highest BCUT2D eigenvalue weighted by atomic mass is 16.5. The predicted octanol–water partition coefficient (Wildman–Crippen LogP) is 0.287. The van der Waals surface area contributed by atoms with Crippen molar-refractivity contribution in [1.29, 1.82) is 0 Å². The van der Waals surface area contributed by atoms with Crippen LogP contribution in [0.25, 0.3) is 0 Å². The third-order valence-electron chi connectivity index (χ3n) is 3.82. The molecule has 1 aromatic heterocycles. The fourth-order valence-electron chi connectivity index (χ4n) is 2.79. The lowest BCUT2D eigenvalue weighted by atomic mass is 10.1. The smallest absolute Gasteiger partial charge is 0.252 e. The summed E-state index contributed by atoms with van der Waals surface area (Å²) in [5, 5.41) is 13.2. The van der Waals surface area contributed by atoms with Gasteiger partial charge in [0, 0.05) is 18.7 Å². The summed E-state index contributed by atoms with van der Waals surface area (Å²) in [7, 11) is 0. The summed E-state index contributed by atoms with van der Waals surface area (Å²) in [6.07, 6.45) is 4.47. The van der Waals surface area contributed by atoms with Gasteiger partial charge in [-0.1, -0.05) is 0 Å². The van der Waals surface area contributed by atoms with Gasteiger partial charge in [-0.05, 0) is 19.3 Å². The molecule has 0 unspecified atom stereocenters. The molecular formula is C13H19N3O3. The minimum absolute atomic E-state index is 0.0633. The van der Waals surface area contributed by atoms with Crippen molar-refractivity contribution < 1.29 is 14.6 Å². The number of carbonyl (C=O) groups is 1. The number of aliphatic hydroxyl groups excluding tert-OH is 1. The number of aromatic nitrogens is 2. The van der Waals surface area contributed by atoms with Crippen molar-refractivity contribution >= 4 is 5.91 Å². The van der Waals surface area contributed by atoms with Crippen LogP contribution in [0.2, 0.25) is 0 Å². The van der Waals surface area contributed by atoms with Crippen LogP contribution in [0.4, 0.5) is 0 Å². The number of hydrogen-bond donors (Lipinski definition) is 1. The first-order chi connectivity index (χ1) is 9.29. The topological polar surface area (TPSA) is 67.6 Å². The van der Waals surface area contributed by atoms with E-state index in [4.69, 9.17) is 9.84 Å². The number of hydrogen-bond acceptors (Lipinski definition) is 4. The van der Waals surface area contributed by atoms with Crippen molar-refractivity contribution in [3.8, 4) is 0 Å². The van der Waals surface area contributed by atoms with Crippen LogP contribution in [0.1, 0.15) is 30.5 Å². The summed E-state index contributed by atoms with van der Waals surface area (Å²) in [5.41, 5.74) is 2.12. The van der Waals surface area contributed by atoms with E-state index in [1.807, 2.05) is 4.90 Å². The van der Waals surface area contributed by atoms with Crippen LogP contribution in [-0.2, 0) is 29.2 Å². The molecular weight excluding hydrogens is 246 g/mol. The van der Waals surface area contributed by atoms with Crippen molar-refractivity contribution in [2.45, 2.75) is 45.0 Å². The van der Waals surface area contributed by atoms with Gasteiger partial charge in [-0.3, -0.25) is 9.48 Å². The Labute approximate surface area is 112 Å². The van der Waals surface area contributed by atoms with E-state index in [1.165, 1.54) is 0 Å². The van der Waals surface area contributed by atoms with Gasteiger partial charge in [-0.25, -0.2) is 0 Å². The van der Waals surface area contributed by atoms with Crippen molar-refractivity contribution in [2.75, 3.05) is 13.2 Å². The molecule has 0 saturated carbocycles. The maximum atomic E-state index is 12.4. The Morgan fingerprint density at radius 2 is 2.37 bits per heavy atom. The van der Waals surface area contributed by atoms with Crippen LogP contribution in [0.15, 0.2) is 6.20 Å². The second-order valence-electron chi connectivity index (χ2n) is 5.11. The Bertz CT molecular complexity index is 466. The molecule has 1 saturated heterocycles. The van der Waals surface area contributed by atoms with Crippen LogP contribution in [0.5, 0.6) is 0 Å². The summed E-state index contributed by atoms with van der Waals surface area (Å²) in [5.74, 6) is 0.0893. The number of carbonyl (C=O) groups excluding carboxylic acids is 1. The minimum atomic E-state index is -0.267. The molecule has 6 heteroatoms. The second-order valence-corrected chi connectivity index (χ2v) is 5.11. The van der Waals surface area contributed by atoms with Crippen LogP contribution in [0, 0.1) is 0 Å². The lowest BCUT2D eigenvalue weighted by Crippen LogP contribution is -2.39. The maximum absolute atomic E-state index is 12.4. The molecule has 1 amide bonds. The molecule has 1 atom stereocenters. The highest BCUT2D eigenvalue weighted by Crippen LogP contribution is 2.25. The largest absolute Gasteiger partial charge is 0.394 e. The SMILES string of the molecule is O=C([C@@H]1CCCCO1)N1Cc2cnn(CCO)c2C1. The third kappa shape index (κ3) is 2.37. The number of ether oxygens (including phenoxy) is 1. The Morgan fingerprint density at radius 1 is 1.47 bits per heavy atom. The van der Waals surface area contributed by atoms with E-state index in [-0.39, 0.29) is 18.6 Å². The van der Waals surface area contributed by atoms with Crippen LogP contribution in [-0.4, -0.2) is 45.0 Å². The number of rotatable bonds is 3.